The maximum Gasteiger partial charge on any atom is 0.407 e. The lowest BCUT2D eigenvalue weighted by Gasteiger charge is -2.34. The third kappa shape index (κ3) is 8.34. The molecule has 0 spiro atoms. The van der Waals surface area contributed by atoms with Crippen LogP contribution in [-0.4, -0.2) is 44.4 Å². The van der Waals surface area contributed by atoms with Crippen molar-refractivity contribution in [1.82, 2.24) is 20.3 Å². The summed E-state index contributed by atoms with van der Waals surface area (Å²) in [5.41, 5.74) is 3.44. The first-order valence-electron chi connectivity index (χ1n) is 14.6. The van der Waals surface area contributed by atoms with Gasteiger partial charge in [0.05, 0.1) is 16.9 Å². The first-order chi connectivity index (χ1) is 22.0. The number of halogens is 5. The maximum absolute atomic E-state index is 14.2. The molecule has 2 aromatic heterocycles. The number of nitrogens with zero attached hydrogens (tertiary/aromatic N) is 2. The smallest absolute Gasteiger partial charge is 0.360 e. The van der Waals surface area contributed by atoms with Crippen LogP contribution in [-0.2, 0) is 9.59 Å². The molecule has 3 atom stereocenters. The van der Waals surface area contributed by atoms with Crippen molar-refractivity contribution in [3.8, 4) is 11.3 Å². The van der Waals surface area contributed by atoms with Crippen molar-refractivity contribution in [1.29, 1.82) is 0 Å². The SMILES string of the molecule is C=CC(=O)Nc1ccc(C(NC2CCCC(Nc3ncc(Cl)c(-c4c[nH]c5cc(/C=C/CC(=O)Cl)ccc45)n3)C2)C(F)(F)F)cc1. The number of rotatable bonds is 11. The summed E-state index contributed by atoms with van der Waals surface area (Å²) in [5, 5.41) is 9.46. The second kappa shape index (κ2) is 14.5. The minimum atomic E-state index is -4.53. The molecule has 4 N–H and O–H groups in total. The maximum atomic E-state index is 14.2. The Kier molecular flexibility index (Phi) is 10.5. The molecule has 1 amide bonds. The van der Waals surface area contributed by atoms with Gasteiger partial charge in [0.15, 0.2) is 0 Å². The fraction of sp³-hybridized carbons (Fsp3) is 0.273. The number of allylic oxidation sites excluding steroid dienone is 1. The van der Waals surface area contributed by atoms with Crippen molar-refractivity contribution in [2.45, 2.75) is 56.4 Å². The van der Waals surface area contributed by atoms with E-state index < -0.39 is 29.4 Å². The Morgan fingerprint density at radius 1 is 1.13 bits per heavy atom. The molecule has 13 heteroatoms. The molecule has 1 aliphatic carbocycles. The van der Waals surface area contributed by atoms with E-state index in [0.29, 0.717) is 41.6 Å². The Morgan fingerprint density at radius 3 is 2.61 bits per heavy atom. The monoisotopic (exact) mass is 670 g/mol. The standard InChI is InChI=1S/C33H31Cl2F3N6O2/c1-2-29(46)41-21-12-10-20(11-13-21)31(33(36,37)38)42-22-6-4-7-23(16-22)43-32-40-18-26(34)30(44-32)25-17-39-27-15-19(9-14-24(25)27)5-3-8-28(35)45/h2-3,5,9-15,17-18,22-23,31,39,42H,1,4,6-8,16H2,(H,41,46)(H,40,43,44)/b5-3+. The van der Waals surface area contributed by atoms with Gasteiger partial charge in [-0.3, -0.25) is 14.9 Å². The zero-order valence-corrected chi connectivity index (χ0v) is 26.0. The van der Waals surface area contributed by atoms with E-state index in [9.17, 15) is 22.8 Å². The molecule has 2 aromatic carbocycles. The van der Waals surface area contributed by atoms with Gasteiger partial charge in [-0.2, -0.15) is 13.2 Å². The lowest BCUT2D eigenvalue weighted by molar-refractivity contribution is -0.160. The molecule has 5 rings (SSSR count). The zero-order chi connectivity index (χ0) is 32.8. The van der Waals surface area contributed by atoms with Crippen LogP contribution in [0.2, 0.25) is 5.02 Å². The first-order valence-corrected chi connectivity index (χ1v) is 15.4. The van der Waals surface area contributed by atoms with Crippen LogP contribution in [0.25, 0.3) is 28.2 Å². The number of carbonyl (C=O) groups is 2. The number of carbonyl (C=O) groups excluding carboxylic acids is 2. The molecule has 1 aliphatic rings. The number of amides is 1. The summed E-state index contributed by atoms with van der Waals surface area (Å²) in [4.78, 5) is 34.8. The van der Waals surface area contributed by atoms with E-state index in [1.807, 2.05) is 24.3 Å². The lowest BCUT2D eigenvalue weighted by Crippen LogP contribution is -2.45. The van der Waals surface area contributed by atoms with Gasteiger partial charge in [-0.1, -0.05) is 54.6 Å². The lowest BCUT2D eigenvalue weighted by atomic mass is 9.90. The predicted octanol–water partition coefficient (Wildman–Crippen LogP) is 8.19. The Labute approximate surface area is 273 Å². The Morgan fingerprint density at radius 2 is 1.89 bits per heavy atom. The molecule has 0 saturated heterocycles. The van der Waals surface area contributed by atoms with Gasteiger partial charge >= 0.3 is 6.18 Å². The molecular formula is C33H31Cl2F3N6O2. The third-order valence-corrected chi connectivity index (χ3v) is 8.16. The van der Waals surface area contributed by atoms with E-state index in [0.717, 1.165) is 34.5 Å². The van der Waals surface area contributed by atoms with Crippen LogP contribution < -0.4 is 16.0 Å². The molecular weight excluding hydrogens is 640 g/mol. The zero-order valence-electron chi connectivity index (χ0n) is 24.5. The highest BCUT2D eigenvalue weighted by Crippen LogP contribution is 2.36. The van der Waals surface area contributed by atoms with Crippen LogP contribution in [0.5, 0.6) is 0 Å². The number of hydrogen-bond acceptors (Lipinski definition) is 6. The van der Waals surface area contributed by atoms with Crippen molar-refractivity contribution in [3.63, 3.8) is 0 Å². The van der Waals surface area contributed by atoms with E-state index in [1.165, 1.54) is 30.5 Å². The van der Waals surface area contributed by atoms with Crippen molar-refractivity contribution in [2.75, 3.05) is 10.6 Å². The Hall–Kier alpha value is -4.19. The summed E-state index contributed by atoms with van der Waals surface area (Å²) in [6.07, 6.45) is 5.98. The number of fused-ring (bicyclic) bond motifs is 1. The third-order valence-electron chi connectivity index (χ3n) is 7.73. The van der Waals surface area contributed by atoms with Gasteiger partial charge in [-0.25, -0.2) is 9.97 Å². The van der Waals surface area contributed by atoms with Crippen LogP contribution in [0.4, 0.5) is 24.8 Å². The molecule has 2 heterocycles. The number of benzene rings is 2. The van der Waals surface area contributed by atoms with E-state index in [1.54, 1.807) is 12.3 Å². The molecule has 0 aliphatic heterocycles. The van der Waals surface area contributed by atoms with Gasteiger partial charge in [0.25, 0.3) is 0 Å². The summed E-state index contributed by atoms with van der Waals surface area (Å²) in [6.45, 7) is 3.37. The number of nitrogens with one attached hydrogen (secondary N) is 4. The normalized spacial score (nSPS) is 17.6. The molecule has 1 saturated carbocycles. The quantitative estimate of drug-likeness (QED) is 0.0946. The van der Waals surface area contributed by atoms with Crippen molar-refractivity contribution < 1.29 is 22.8 Å². The predicted molar refractivity (Wildman–Crippen MR) is 176 cm³/mol. The molecule has 8 nitrogen and oxygen atoms in total. The topological polar surface area (TPSA) is 112 Å². The van der Waals surface area contributed by atoms with Gasteiger partial charge in [-0.05, 0) is 72.7 Å². The highest BCUT2D eigenvalue weighted by Gasteiger charge is 2.42. The Balaban J connectivity index is 1.28. The average molecular weight is 672 g/mol. The van der Waals surface area contributed by atoms with Gasteiger partial charge in [0.1, 0.15) is 6.04 Å². The minimum absolute atomic E-state index is 0.0529. The van der Waals surface area contributed by atoms with Crippen LogP contribution in [0.3, 0.4) is 0 Å². The molecule has 4 aromatic rings. The molecule has 0 bridgehead atoms. The average Bonchev–Trinajstić information content (AvgIpc) is 3.44. The molecule has 1 fully saturated rings. The number of anilines is 2. The Bertz CT molecular complexity index is 1760. The highest BCUT2D eigenvalue weighted by molar-refractivity contribution is 6.63. The van der Waals surface area contributed by atoms with Gasteiger partial charge < -0.3 is 15.6 Å². The fourth-order valence-electron chi connectivity index (χ4n) is 5.58. The van der Waals surface area contributed by atoms with Crippen LogP contribution in [0, 0.1) is 0 Å². The summed E-state index contributed by atoms with van der Waals surface area (Å²) in [7, 11) is 0. The summed E-state index contributed by atoms with van der Waals surface area (Å²) in [5.74, 6) is -0.118. The van der Waals surface area contributed by atoms with Gasteiger partial charge in [-0.15, -0.1) is 0 Å². The van der Waals surface area contributed by atoms with Crippen LogP contribution >= 0.6 is 23.2 Å². The molecule has 3 unspecified atom stereocenters. The van der Waals surface area contributed by atoms with E-state index in [2.05, 4.69) is 37.5 Å². The van der Waals surface area contributed by atoms with Gasteiger partial charge in [0.2, 0.25) is 17.1 Å². The summed E-state index contributed by atoms with van der Waals surface area (Å²) >= 11 is 11.9. The number of aromatic amines is 1. The van der Waals surface area contributed by atoms with Crippen LogP contribution in [0.1, 0.15) is 49.3 Å². The number of H-pyrrole nitrogens is 1. The van der Waals surface area contributed by atoms with Crippen LogP contribution in [0.15, 0.2) is 73.6 Å². The van der Waals surface area contributed by atoms with E-state index in [-0.39, 0.29) is 18.0 Å². The van der Waals surface area contributed by atoms with Crippen molar-refractivity contribution in [2.24, 2.45) is 0 Å². The van der Waals surface area contributed by atoms with Crippen molar-refractivity contribution >= 4 is 63.0 Å². The molecule has 240 valence electrons. The number of hydrogen-bond donors (Lipinski definition) is 4. The summed E-state index contributed by atoms with van der Waals surface area (Å²) in [6, 6.07) is 8.90. The summed E-state index contributed by atoms with van der Waals surface area (Å²) < 4.78 is 42.6. The molecule has 0 radical (unpaired) electrons. The second-order valence-corrected chi connectivity index (χ2v) is 11.8. The highest BCUT2D eigenvalue weighted by atomic mass is 35.5. The first kappa shape index (κ1) is 33.2. The minimum Gasteiger partial charge on any atom is -0.360 e. The van der Waals surface area contributed by atoms with Gasteiger partial charge in [0, 0.05) is 46.9 Å². The number of alkyl halides is 3. The fourth-order valence-corrected chi connectivity index (χ4v) is 5.86. The van der Waals surface area contributed by atoms with E-state index >= 15 is 0 Å². The van der Waals surface area contributed by atoms with E-state index in [4.69, 9.17) is 23.2 Å². The second-order valence-electron chi connectivity index (χ2n) is 11.0. The number of aromatic nitrogens is 3. The largest absolute Gasteiger partial charge is 0.407 e. The van der Waals surface area contributed by atoms with Crippen molar-refractivity contribution in [3.05, 3.63) is 89.7 Å². The molecule has 46 heavy (non-hydrogen) atoms.